The van der Waals surface area contributed by atoms with Gasteiger partial charge in [0.05, 0.1) is 5.56 Å². The number of rotatable bonds is 9. The van der Waals surface area contributed by atoms with E-state index in [-0.39, 0.29) is 5.41 Å². The van der Waals surface area contributed by atoms with Gasteiger partial charge in [-0.3, -0.25) is 0 Å². The van der Waals surface area contributed by atoms with Crippen LogP contribution in [0.2, 0.25) is 0 Å². The van der Waals surface area contributed by atoms with Gasteiger partial charge in [-0.15, -0.1) is 0 Å². The Bertz CT molecular complexity index is 501. The van der Waals surface area contributed by atoms with E-state index in [0.29, 0.717) is 11.0 Å². The monoisotopic (exact) mass is 319 g/mol. The molecule has 1 aromatic rings. The molecule has 0 aliphatic heterocycles. The number of aromatic carboxylic acids is 1. The minimum Gasteiger partial charge on any atom is -0.478 e. The summed E-state index contributed by atoms with van der Waals surface area (Å²) in [5.41, 5.74) is 1.98. The molecular weight excluding hydrogens is 286 g/mol. The van der Waals surface area contributed by atoms with Crippen LogP contribution in [-0.2, 0) is 5.41 Å². The zero-order chi connectivity index (χ0) is 17.7. The second-order valence-electron chi connectivity index (χ2n) is 8.34. The lowest BCUT2D eigenvalue weighted by atomic mass is 9.74. The van der Waals surface area contributed by atoms with Gasteiger partial charge in [-0.1, -0.05) is 39.8 Å². The Kier molecular flexibility index (Phi) is 6.82. The molecule has 0 spiro atoms. The molecule has 0 atom stereocenters. The molecule has 0 bridgehead atoms. The summed E-state index contributed by atoms with van der Waals surface area (Å²) in [6, 6.07) is 7.34. The van der Waals surface area contributed by atoms with E-state index in [1.807, 2.05) is 12.1 Å². The number of carbonyl (C=O) groups is 1. The molecule has 0 aromatic heterocycles. The standard InChI is InChI=1S/C20H33NO2/c1-19(2,12-7-15-21(5)6)13-14-20(3,4)17-10-8-16(9-11-17)18(22)23/h8-11H,7,12-15H2,1-6H3,(H,22,23). The Hall–Kier alpha value is -1.35. The summed E-state index contributed by atoms with van der Waals surface area (Å²) in [7, 11) is 4.24. The van der Waals surface area contributed by atoms with Gasteiger partial charge in [0, 0.05) is 0 Å². The molecule has 0 radical (unpaired) electrons. The van der Waals surface area contributed by atoms with E-state index < -0.39 is 5.97 Å². The molecule has 0 saturated carbocycles. The maximum atomic E-state index is 11.0. The van der Waals surface area contributed by atoms with Crippen molar-refractivity contribution in [3.63, 3.8) is 0 Å². The average molecular weight is 319 g/mol. The van der Waals surface area contributed by atoms with E-state index in [1.54, 1.807) is 12.1 Å². The largest absolute Gasteiger partial charge is 0.478 e. The zero-order valence-electron chi connectivity index (χ0n) is 15.6. The van der Waals surface area contributed by atoms with E-state index in [0.717, 1.165) is 13.0 Å². The second-order valence-corrected chi connectivity index (χ2v) is 8.34. The summed E-state index contributed by atoms with van der Waals surface area (Å²) in [5, 5.41) is 9.01. The molecule has 0 amide bonds. The van der Waals surface area contributed by atoms with Gasteiger partial charge in [0.25, 0.3) is 0 Å². The normalized spacial score (nSPS) is 12.7. The molecule has 0 saturated heterocycles. The predicted octanol–water partition coefficient (Wildman–Crippen LogP) is 4.81. The van der Waals surface area contributed by atoms with Gasteiger partial charge in [0.1, 0.15) is 0 Å². The van der Waals surface area contributed by atoms with Crippen LogP contribution in [0.15, 0.2) is 24.3 Å². The zero-order valence-corrected chi connectivity index (χ0v) is 15.6. The number of nitrogens with zero attached hydrogens (tertiary/aromatic N) is 1. The Labute approximate surface area is 141 Å². The molecule has 1 rings (SSSR count). The van der Waals surface area contributed by atoms with Crippen LogP contribution in [0.25, 0.3) is 0 Å². The highest BCUT2D eigenvalue weighted by Crippen LogP contribution is 2.36. The molecule has 3 heteroatoms. The number of hydrogen-bond donors (Lipinski definition) is 1. The van der Waals surface area contributed by atoms with Gasteiger partial charge in [-0.2, -0.15) is 0 Å². The van der Waals surface area contributed by atoms with Crippen molar-refractivity contribution in [2.75, 3.05) is 20.6 Å². The first-order valence-corrected chi connectivity index (χ1v) is 8.52. The van der Waals surface area contributed by atoms with Crippen molar-refractivity contribution in [1.82, 2.24) is 4.90 Å². The van der Waals surface area contributed by atoms with Crippen LogP contribution < -0.4 is 0 Å². The third-order valence-electron chi connectivity index (χ3n) is 4.80. The fourth-order valence-corrected chi connectivity index (χ4v) is 2.86. The summed E-state index contributed by atoms with van der Waals surface area (Å²) in [5.74, 6) is -0.864. The lowest BCUT2D eigenvalue weighted by Gasteiger charge is -2.32. The Morgan fingerprint density at radius 1 is 1.00 bits per heavy atom. The molecule has 130 valence electrons. The van der Waals surface area contributed by atoms with Crippen molar-refractivity contribution >= 4 is 5.97 Å². The second kappa shape index (κ2) is 7.96. The van der Waals surface area contributed by atoms with Crippen molar-refractivity contribution in [2.45, 2.75) is 58.8 Å². The molecule has 0 heterocycles. The van der Waals surface area contributed by atoms with Crippen molar-refractivity contribution in [2.24, 2.45) is 5.41 Å². The Morgan fingerprint density at radius 3 is 2.04 bits per heavy atom. The van der Waals surface area contributed by atoms with E-state index in [4.69, 9.17) is 5.11 Å². The number of carboxylic acid groups (broad SMARTS) is 1. The average Bonchev–Trinajstić information content (AvgIpc) is 2.45. The van der Waals surface area contributed by atoms with Crippen LogP contribution in [0.4, 0.5) is 0 Å². The Morgan fingerprint density at radius 2 is 1.57 bits per heavy atom. The summed E-state index contributed by atoms with van der Waals surface area (Å²) < 4.78 is 0. The highest BCUT2D eigenvalue weighted by Gasteiger charge is 2.25. The number of benzene rings is 1. The molecule has 0 fully saturated rings. The van der Waals surface area contributed by atoms with Crippen LogP contribution >= 0.6 is 0 Å². The minimum atomic E-state index is -0.864. The minimum absolute atomic E-state index is 0.0653. The lowest BCUT2D eigenvalue weighted by molar-refractivity contribution is 0.0697. The molecular formula is C20H33NO2. The van der Waals surface area contributed by atoms with Gasteiger partial charge in [0.2, 0.25) is 0 Å². The quantitative estimate of drug-likeness (QED) is 0.710. The predicted molar refractivity (Wildman–Crippen MR) is 97.2 cm³/mol. The first-order chi connectivity index (χ1) is 10.5. The van der Waals surface area contributed by atoms with Crippen LogP contribution in [-0.4, -0.2) is 36.6 Å². The van der Waals surface area contributed by atoms with Gasteiger partial charge in [-0.25, -0.2) is 4.79 Å². The smallest absolute Gasteiger partial charge is 0.335 e. The number of carboxylic acids is 1. The SMILES string of the molecule is CN(C)CCCC(C)(C)CCC(C)(C)c1ccc(C(=O)O)cc1. The van der Waals surface area contributed by atoms with Crippen LogP contribution in [0.3, 0.4) is 0 Å². The molecule has 0 aliphatic rings. The number of hydrogen-bond acceptors (Lipinski definition) is 2. The van der Waals surface area contributed by atoms with Gasteiger partial charge in [-0.05, 0) is 74.8 Å². The van der Waals surface area contributed by atoms with E-state index in [1.165, 1.54) is 24.8 Å². The van der Waals surface area contributed by atoms with Gasteiger partial charge in [0.15, 0.2) is 0 Å². The summed E-state index contributed by atoms with van der Waals surface area (Å²) in [6.07, 6.45) is 4.75. The van der Waals surface area contributed by atoms with Crippen molar-refractivity contribution in [3.8, 4) is 0 Å². The topological polar surface area (TPSA) is 40.5 Å². The van der Waals surface area contributed by atoms with Gasteiger partial charge >= 0.3 is 5.97 Å². The maximum absolute atomic E-state index is 11.0. The molecule has 23 heavy (non-hydrogen) atoms. The van der Waals surface area contributed by atoms with Gasteiger partial charge < -0.3 is 10.0 Å². The van der Waals surface area contributed by atoms with Crippen LogP contribution in [0, 0.1) is 5.41 Å². The van der Waals surface area contributed by atoms with Crippen molar-refractivity contribution in [3.05, 3.63) is 35.4 Å². The molecule has 1 aromatic carbocycles. The van der Waals surface area contributed by atoms with E-state index in [9.17, 15) is 4.79 Å². The highest BCUT2D eigenvalue weighted by molar-refractivity contribution is 5.87. The van der Waals surface area contributed by atoms with E-state index >= 15 is 0 Å². The van der Waals surface area contributed by atoms with Crippen LogP contribution in [0.1, 0.15) is 69.3 Å². The third-order valence-corrected chi connectivity index (χ3v) is 4.80. The lowest BCUT2D eigenvalue weighted by Crippen LogP contribution is -2.23. The molecule has 3 nitrogen and oxygen atoms in total. The summed E-state index contributed by atoms with van der Waals surface area (Å²) in [4.78, 5) is 13.2. The summed E-state index contributed by atoms with van der Waals surface area (Å²) in [6.45, 7) is 10.3. The first kappa shape index (κ1) is 19.7. The molecule has 1 N–H and O–H groups in total. The van der Waals surface area contributed by atoms with Crippen molar-refractivity contribution < 1.29 is 9.90 Å². The Balaban J connectivity index is 2.61. The first-order valence-electron chi connectivity index (χ1n) is 8.52. The maximum Gasteiger partial charge on any atom is 0.335 e. The highest BCUT2D eigenvalue weighted by atomic mass is 16.4. The van der Waals surface area contributed by atoms with E-state index in [2.05, 4.69) is 46.7 Å². The third kappa shape index (κ3) is 6.74. The summed E-state index contributed by atoms with van der Waals surface area (Å²) >= 11 is 0. The molecule has 0 unspecified atom stereocenters. The molecule has 0 aliphatic carbocycles. The fraction of sp³-hybridized carbons (Fsp3) is 0.650. The van der Waals surface area contributed by atoms with Crippen LogP contribution in [0.5, 0.6) is 0 Å². The van der Waals surface area contributed by atoms with Crippen molar-refractivity contribution in [1.29, 1.82) is 0 Å². The fourth-order valence-electron chi connectivity index (χ4n) is 2.86.